The molecule has 0 fully saturated rings. The molecule has 0 saturated carbocycles. The van der Waals surface area contributed by atoms with Crippen LogP contribution >= 0.6 is 0 Å². The van der Waals surface area contributed by atoms with Crippen molar-refractivity contribution in [3.05, 3.63) is 35.9 Å². The molecular weight excluding hydrogens is 164 g/mol. The van der Waals surface area contributed by atoms with Gasteiger partial charge in [0.1, 0.15) is 0 Å². The Hall–Kier alpha value is -1.35. The van der Waals surface area contributed by atoms with E-state index in [9.17, 15) is 4.79 Å². The number of amides is 1. The van der Waals surface area contributed by atoms with Crippen molar-refractivity contribution in [1.82, 2.24) is 5.32 Å². The number of hydrogen-bond acceptors (Lipinski definition) is 2. The number of nitrogens with two attached hydrogens (primary N) is 1. The number of hydrogen-bond donors (Lipinski definition) is 2. The van der Waals surface area contributed by atoms with E-state index in [0.29, 0.717) is 19.5 Å². The minimum absolute atomic E-state index is 0.0108. The van der Waals surface area contributed by atoms with Gasteiger partial charge >= 0.3 is 0 Å². The lowest BCUT2D eigenvalue weighted by Crippen LogP contribution is -2.30. The standard InChI is InChI=1S/C10H13N2O/c11-6-7-12-10(13)8-9-4-2-1-3-5-9/h2-5H,6-8,11H2,(H,12,13). The molecule has 0 aliphatic rings. The van der Waals surface area contributed by atoms with Crippen molar-refractivity contribution in [2.24, 2.45) is 5.73 Å². The number of carbonyl (C=O) groups excluding carboxylic acids is 1. The molecule has 69 valence electrons. The maximum atomic E-state index is 11.2. The van der Waals surface area contributed by atoms with Crippen molar-refractivity contribution in [2.45, 2.75) is 6.42 Å². The minimum Gasteiger partial charge on any atom is -0.355 e. The SMILES string of the molecule is NCCNC(=O)Cc1cc[c]cc1. The molecule has 1 aromatic rings. The van der Waals surface area contributed by atoms with Crippen molar-refractivity contribution in [2.75, 3.05) is 13.1 Å². The van der Waals surface area contributed by atoms with E-state index < -0.39 is 0 Å². The molecule has 0 aliphatic heterocycles. The predicted octanol–water partition coefficient (Wildman–Crippen LogP) is 0.104. The van der Waals surface area contributed by atoms with Crippen molar-refractivity contribution < 1.29 is 4.79 Å². The highest BCUT2D eigenvalue weighted by Gasteiger charge is 2.00. The van der Waals surface area contributed by atoms with Gasteiger partial charge in [0, 0.05) is 13.1 Å². The second-order valence-corrected chi connectivity index (χ2v) is 2.72. The molecule has 0 spiro atoms. The van der Waals surface area contributed by atoms with Gasteiger partial charge in [-0.05, 0) is 11.6 Å². The summed E-state index contributed by atoms with van der Waals surface area (Å²) in [5.74, 6) is 0.0108. The zero-order valence-electron chi connectivity index (χ0n) is 7.42. The average molecular weight is 177 g/mol. The second-order valence-electron chi connectivity index (χ2n) is 2.72. The van der Waals surface area contributed by atoms with Gasteiger partial charge in [-0.25, -0.2) is 0 Å². The number of rotatable bonds is 4. The monoisotopic (exact) mass is 177 g/mol. The first-order chi connectivity index (χ1) is 6.33. The summed E-state index contributed by atoms with van der Waals surface area (Å²) < 4.78 is 0. The third-order valence-electron chi connectivity index (χ3n) is 1.62. The Labute approximate surface area is 77.9 Å². The van der Waals surface area contributed by atoms with Crippen LogP contribution in [0.3, 0.4) is 0 Å². The number of carbonyl (C=O) groups is 1. The molecule has 3 N–H and O–H groups in total. The van der Waals surface area contributed by atoms with Crippen molar-refractivity contribution in [3.63, 3.8) is 0 Å². The van der Waals surface area contributed by atoms with Crippen LogP contribution < -0.4 is 11.1 Å². The molecule has 3 nitrogen and oxygen atoms in total. The van der Waals surface area contributed by atoms with E-state index in [2.05, 4.69) is 11.4 Å². The van der Waals surface area contributed by atoms with Crippen LogP contribution in [-0.2, 0) is 11.2 Å². The summed E-state index contributed by atoms with van der Waals surface area (Å²) in [7, 11) is 0. The lowest BCUT2D eigenvalue weighted by atomic mass is 10.1. The number of nitrogens with one attached hydrogen (secondary N) is 1. The molecule has 0 atom stereocenters. The molecule has 0 aromatic heterocycles. The third kappa shape index (κ3) is 3.71. The summed E-state index contributed by atoms with van der Waals surface area (Å²) in [6, 6.07) is 10.2. The maximum Gasteiger partial charge on any atom is 0.224 e. The van der Waals surface area contributed by atoms with Gasteiger partial charge in [-0.1, -0.05) is 24.3 Å². The summed E-state index contributed by atoms with van der Waals surface area (Å²) in [6.45, 7) is 1.02. The van der Waals surface area contributed by atoms with Gasteiger partial charge in [0.2, 0.25) is 5.91 Å². The first kappa shape index (κ1) is 9.74. The molecule has 0 aliphatic carbocycles. The molecule has 0 unspecified atom stereocenters. The van der Waals surface area contributed by atoms with Crippen molar-refractivity contribution in [1.29, 1.82) is 0 Å². The quantitative estimate of drug-likeness (QED) is 0.685. The zero-order chi connectivity index (χ0) is 9.52. The van der Waals surface area contributed by atoms with E-state index in [1.54, 1.807) is 12.1 Å². The summed E-state index contributed by atoms with van der Waals surface area (Å²) in [4.78, 5) is 11.2. The Morgan fingerprint density at radius 2 is 2.15 bits per heavy atom. The zero-order valence-corrected chi connectivity index (χ0v) is 7.42. The third-order valence-corrected chi connectivity index (χ3v) is 1.62. The molecule has 0 bridgehead atoms. The lowest BCUT2D eigenvalue weighted by molar-refractivity contribution is -0.120. The molecular formula is C10H13N2O. The Kier molecular flexibility index (Phi) is 3.99. The first-order valence-corrected chi connectivity index (χ1v) is 4.24. The summed E-state index contributed by atoms with van der Waals surface area (Å²) >= 11 is 0. The highest BCUT2D eigenvalue weighted by atomic mass is 16.1. The van der Waals surface area contributed by atoms with Gasteiger partial charge in [-0.2, -0.15) is 0 Å². The van der Waals surface area contributed by atoms with E-state index in [-0.39, 0.29) is 5.91 Å². The Balaban J connectivity index is 2.37. The smallest absolute Gasteiger partial charge is 0.224 e. The highest BCUT2D eigenvalue weighted by molar-refractivity contribution is 5.78. The molecule has 13 heavy (non-hydrogen) atoms. The van der Waals surface area contributed by atoms with Gasteiger partial charge < -0.3 is 11.1 Å². The average Bonchev–Trinajstić information content (AvgIpc) is 2.16. The van der Waals surface area contributed by atoms with Crippen molar-refractivity contribution >= 4 is 5.91 Å². The normalized spacial score (nSPS) is 9.62. The molecule has 1 aromatic carbocycles. The first-order valence-electron chi connectivity index (χ1n) is 4.24. The van der Waals surface area contributed by atoms with Gasteiger partial charge in [-0.15, -0.1) is 0 Å². The molecule has 0 heterocycles. The molecule has 1 amide bonds. The summed E-state index contributed by atoms with van der Waals surface area (Å²) in [5.41, 5.74) is 6.24. The maximum absolute atomic E-state index is 11.2. The van der Waals surface area contributed by atoms with Crippen LogP contribution in [0.5, 0.6) is 0 Å². The van der Waals surface area contributed by atoms with Gasteiger partial charge in [0.05, 0.1) is 6.42 Å². The van der Waals surface area contributed by atoms with Crippen LogP contribution in [0.15, 0.2) is 24.3 Å². The van der Waals surface area contributed by atoms with Crippen LogP contribution in [0.25, 0.3) is 0 Å². The van der Waals surface area contributed by atoms with E-state index >= 15 is 0 Å². The van der Waals surface area contributed by atoms with Gasteiger partial charge in [0.15, 0.2) is 0 Å². The van der Waals surface area contributed by atoms with Crippen LogP contribution in [0.2, 0.25) is 0 Å². The Morgan fingerprint density at radius 1 is 1.46 bits per heavy atom. The summed E-state index contributed by atoms with van der Waals surface area (Å²) in [6.07, 6.45) is 0.411. The van der Waals surface area contributed by atoms with Crippen LogP contribution in [-0.4, -0.2) is 19.0 Å². The van der Waals surface area contributed by atoms with Gasteiger partial charge in [-0.3, -0.25) is 4.79 Å². The predicted molar refractivity (Wildman–Crippen MR) is 51.0 cm³/mol. The Morgan fingerprint density at radius 3 is 2.77 bits per heavy atom. The topological polar surface area (TPSA) is 55.1 Å². The largest absolute Gasteiger partial charge is 0.355 e. The van der Waals surface area contributed by atoms with E-state index in [4.69, 9.17) is 5.73 Å². The lowest BCUT2D eigenvalue weighted by Gasteiger charge is -2.02. The fourth-order valence-corrected chi connectivity index (χ4v) is 0.999. The molecule has 0 saturated heterocycles. The number of benzene rings is 1. The van der Waals surface area contributed by atoms with Crippen LogP contribution in [0.4, 0.5) is 0 Å². The molecule has 1 rings (SSSR count). The van der Waals surface area contributed by atoms with Crippen LogP contribution in [0.1, 0.15) is 5.56 Å². The van der Waals surface area contributed by atoms with Crippen molar-refractivity contribution in [3.8, 4) is 0 Å². The minimum atomic E-state index is 0.0108. The van der Waals surface area contributed by atoms with E-state index in [1.165, 1.54) is 0 Å². The summed E-state index contributed by atoms with van der Waals surface area (Å²) in [5, 5.41) is 2.71. The molecule has 1 radical (unpaired) electrons. The van der Waals surface area contributed by atoms with E-state index in [1.807, 2.05) is 12.1 Å². The fourth-order valence-electron chi connectivity index (χ4n) is 0.999. The Bertz CT molecular complexity index is 259. The molecule has 3 heteroatoms. The highest BCUT2D eigenvalue weighted by Crippen LogP contribution is 1.98. The second kappa shape index (κ2) is 5.32. The van der Waals surface area contributed by atoms with E-state index in [0.717, 1.165) is 5.56 Å². The fraction of sp³-hybridized carbons (Fsp3) is 0.300. The van der Waals surface area contributed by atoms with Crippen LogP contribution in [0, 0.1) is 6.07 Å². The van der Waals surface area contributed by atoms with Gasteiger partial charge in [0.25, 0.3) is 0 Å².